The Labute approximate surface area is 177 Å². The number of rotatable bonds is 4. The van der Waals surface area contributed by atoms with E-state index in [1.54, 1.807) is 16.9 Å². The minimum Gasteiger partial charge on any atom is -0.378 e. The number of ether oxygens (including phenoxy) is 1. The highest BCUT2D eigenvalue weighted by Gasteiger charge is 2.16. The van der Waals surface area contributed by atoms with Gasteiger partial charge in [-0.2, -0.15) is 9.61 Å². The monoisotopic (exact) mass is 416 g/mol. The lowest BCUT2D eigenvalue weighted by molar-refractivity contribution is 0.122. The third-order valence-electron chi connectivity index (χ3n) is 5.48. The summed E-state index contributed by atoms with van der Waals surface area (Å²) < 4.78 is 12.4. The first-order valence-electron chi connectivity index (χ1n) is 10.1. The first-order chi connectivity index (χ1) is 15.3. The summed E-state index contributed by atoms with van der Waals surface area (Å²) in [5.74, 6) is 1.45. The predicted molar refractivity (Wildman–Crippen MR) is 116 cm³/mol. The van der Waals surface area contributed by atoms with Crippen LogP contribution in [0.25, 0.3) is 17.9 Å². The molecule has 1 N–H and O–H groups in total. The molecule has 0 aliphatic carbocycles. The third-order valence-corrected chi connectivity index (χ3v) is 5.48. The summed E-state index contributed by atoms with van der Waals surface area (Å²) in [5, 5.41) is 12.5. The smallest absolute Gasteiger partial charge is 0.200 e. The average molecular weight is 416 g/mol. The molecule has 0 radical (unpaired) electrons. The quantitative estimate of drug-likeness (QED) is 0.516. The van der Waals surface area contributed by atoms with E-state index < -0.39 is 0 Å². The third kappa shape index (κ3) is 3.26. The van der Waals surface area contributed by atoms with Crippen LogP contribution >= 0.6 is 0 Å². The Morgan fingerprint density at radius 3 is 2.74 bits per heavy atom. The van der Waals surface area contributed by atoms with E-state index in [9.17, 15) is 0 Å². The van der Waals surface area contributed by atoms with Gasteiger partial charge in [0.2, 0.25) is 5.65 Å². The lowest BCUT2D eigenvalue weighted by Gasteiger charge is -2.28. The van der Waals surface area contributed by atoms with Crippen molar-refractivity contribution in [3.63, 3.8) is 0 Å². The van der Waals surface area contributed by atoms with Crippen LogP contribution in [0.4, 0.5) is 23.0 Å². The van der Waals surface area contributed by atoms with E-state index in [1.165, 1.54) is 12.0 Å². The number of nitrogens with one attached hydrogen (secondary N) is 1. The summed E-state index contributed by atoms with van der Waals surface area (Å²) in [6.45, 7) is 4.00. The summed E-state index contributed by atoms with van der Waals surface area (Å²) in [6, 6.07) is 8.32. The molecule has 0 amide bonds. The molecule has 0 spiro atoms. The summed E-state index contributed by atoms with van der Waals surface area (Å²) in [6.07, 6.45) is 8.97. The van der Waals surface area contributed by atoms with Gasteiger partial charge in [-0.05, 0) is 30.3 Å². The molecule has 5 heterocycles. The molecule has 0 atom stereocenters. The second-order valence-corrected chi connectivity index (χ2v) is 7.36. The molecule has 2 aliphatic heterocycles. The molecule has 0 saturated carbocycles. The Morgan fingerprint density at radius 2 is 1.87 bits per heavy atom. The number of morpholine rings is 1. The molecule has 1 saturated heterocycles. The highest BCUT2D eigenvalue weighted by atomic mass is 16.5. The highest BCUT2D eigenvalue weighted by Crippen LogP contribution is 2.25. The van der Waals surface area contributed by atoms with E-state index in [0.29, 0.717) is 18.0 Å². The molecule has 1 aromatic carbocycles. The van der Waals surface area contributed by atoms with Gasteiger partial charge in [0.1, 0.15) is 6.33 Å². The van der Waals surface area contributed by atoms with E-state index in [4.69, 9.17) is 9.26 Å². The molecular weight excluding hydrogens is 396 g/mol. The topological polar surface area (TPSA) is 96.9 Å². The van der Waals surface area contributed by atoms with Crippen molar-refractivity contribution in [2.45, 2.75) is 0 Å². The molecule has 4 aromatic rings. The van der Waals surface area contributed by atoms with Gasteiger partial charge < -0.3 is 24.4 Å². The standard InChI is InChI=1S/C21H20N8O2/c1-3-17(27-7-9-30-10-8-27)4-2-16(1)26-20-21-23-14-24-29(21)19(12-22-20)28-6-5-18-15(13-28)11-25-31-18/h1-5,11-14H,6-10H2,(H,22,26). The van der Waals surface area contributed by atoms with E-state index in [0.717, 1.165) is 48.4 Å². The van der Waals surface area contributed by atoms with Gasteiger partial charge in [-0.25, -0.2) is 9.97 Å². The fourth-order valence-electron chi connectivity index (χ4n) is 3.87. The van der Waals surface area contributed by atoms with Gasteiger partial charge in [-0.15, -0.1) is 0 Å². The number of nitrogens with zero attached hydrogens (tertiary/aromatic N) is 7. The Kier molecular flexibility index (Phi) is 4.27. The summed E-state index contributed by atoms with van der Waals surface area (Å²) in [4.78, 5) is 13.4. The molecule has 10 nitrogen and oxygen atoms in total. The Balaban J connectivity index is 1.28. The molecule has 156 valence electrons. The molecule has 2 aliphatic rings. The van der Waals surface area contributed by atoms with Crippen molar-refractivity contribution in [3.8, 4) is 0 Å². The Morgan fingerprint density at radius 1 is 1.00 bits per heavy atom. The second kappa shape index (κ2) is 7.40. The fourth-order valence-corrected chi connectivity index (χ4v) is 3.87. The van der Waals surface area contributed by atoms with Crippen LogP contribution in [0.2, 0.25) is 0 Å². The normalized spacial score (nSPS) is 16.0. The van der Waals surface area contributed by atoms with E-state index >= 15 is 0 Å². The van der Waals surface area contributed by atoms with Gasteiger partial charge in [0.25, 0.3) is 0 Å². The van der Waals surface area contributed by atoms with Gasteiger partial charge in [0.05, 0.1) is 30.8 Å². The van der Waals surface area contributed by atoms with Crippen LogP contribution in [0.15, 0.2) is 47.5 Å². The van der Waals surface area contributed by atoms with Crippen LogP contribution in [0.1, 0.15) is 0 Å². The summed E-state index contributed by atoms with van der Waals surface area (Å²) in [5.41, 5.74) is 3.56. The second-order valence-electron chi connectivity index (χ2n) is 7.36. The van der Waals surface area contributed by atoms with Crippen molar-refractivity contribution in [2.75, 3.05) is 48.0 Å². The number of benzene rings is 1. The molecule has 1 fully saturated rings. The maximum absolute atomic E-state index is 5.43. The van der Waals surface area contributed by atoms with Crippen molar-refractivity contribution in [1.82, 2.24) is 24.7 Å². The minimum absolute atomic E-state index is 0.634. The van der Waals surface area contributed by atoms with Crippen LogP contribution in [0.3, 0.4) is 0 Å². The van der Waals surface area contributed by atoms with Gasteiger partial charge in [0, 0.05) is 37.2 Å². The maximum atomic E-state index is 5.43. The molecule has 31 heavy (non-hydrogen) atoms. The number of hydrogen-bond acceptors (Lipinski definition) is 9. The Hall–Kier alpha value is -3.92. The highest BCUT2D eigenvalue weighted by molar-refractivity contribution is 5.73. The van der Waals surface area contributed by atoms with Crippen molar-refractivity contribution < 1.29 is 9.26 Å². The predicted octanol–water partition coefficient (Wildman–Crippen LogP) is 0.731. The van der Waals surface area contributed by atoms with Gasteiger partial charge in [0.15, 0.2) is 17.1 Å². The zero-order chi connectivity index (χ0) is 20.6. The number of anilines is 4. The van der Waals surface area contributed by atoms with E-state index in [-0.39, 0.29) is 0 Å². The zero-order valence-electron chi connectivity index (χ0n) is 16.7. The lowest BCUT2D eigenvalue weighted by atomic mass is 10.2. The average Bonchev–Trinajstić information content (AvgIpc) is 3.50. The van der Waals surface area contributed by atoms with Crippen molar-refractivity contribution in [2.24, 2.45) is 0 Å². The van der Waals surface area contributed by atoms with Crippen LogP contribution in [0.5, 0.6) is 0 Å². The zero-order valence-corrected chi connectivity index (χ0v) is 16.7. The summed E-state index contributed by atoms with van der Waals surface area (Å²) in [7, 11) is 0. The van der Waals surface area contributed by atoms with Gasteiger partial charge in [-0.1, -0.05) is 5.16 Å². The first kappa shape index (κ1) is 17.9. The van der Waals surface area contributed by atoms with E-state index in [2.05, 4.69) is 42.6 Å². The number of hydrogen-bond donors (Lipinski definition) is 1. The molecule has 3 aromatic heterocycles. The van der Waals surface area contributed by atoms with Crippen molar-refractivity contribution in [1.29, 1.82) is 0 Å². The van der Waals surface area contributed by atoms with Crippen molar-refractivity contribution >= 4 is 40.9 Å². The molecule has 0 bridgehead atoms. The van der Waals surface area contributed by atoms with Crippen LogP contribution in [-0.2, 0) is 4.74 Å². The van der Waals surface area contributed by atoms with Gasteiger partial charge >= 0.3 is 0 Å². The van der Waals surface area contributed by atoms with Crippen LogP contribution < -0.4 is 25.8 Å². The maximum Gasteiger partial charge on any atom is 0.200 e. The van der Waals surface area contributed by atoms with Crippen LogP contribution in [-0.4, -0.2) is 57.6 Å². The van der Waals surface area contributed by atoms with Gasteiger partial charge in [-0.3, -0.25) is 0 Å². The van der Waals surface area contributed by atoms with Crippen LogP contribution in [0, 0.1) is 0 Å². The molecule has 10 heteroatoms. The number of aromatic nitrogens is 5. The molecular formula is C21H20N8O2. The number of fused-ring (bicyclic) bond motifs is 2. The lowest BCUT2D eigenvalue weighted by Crippen LogP contribution is -2.36. The minimum atomic E-state index is 0.634. The SMILES string of the molecule is C1=c2cnoc2=CCN1c1cnc(Nc2ccc(N3CCOCC3)cc2)c2ncnn12. The molecule has 6 rings (SSSR count). The Bertz CT molecular complexity index is 1340. The largest absolute Gasteiger partial charge is 0.378 e. The first-order valence-corrected chi connectivity index (χ1v) is 10.1. The fraction of sp³-hybridized carbons (Fsp3) is 0.238. The molecule has 0 unspecified atom stereocenters. The van der Waals surface area contributed by atoms with E-state index in [1.807, 2.05) is 29.3 Å². The van der Waals surface area contributed by atoms with Crippen molar-refractivity contribution in [3.05, 3.63) is 53.6 Å². The summed E-state index contributed by atoms with van der Waals surface area (Å²) >= 11 is 0.